The summed E-state index contributed by atoms with van der Waals surface area (Å²) in [5.74, 6) is 3.28. The van der Waals surface area contributed by atoms with E-state index in [9.17, 15) is 0 Å². The third-order valence-corrected chi connectivity index (χ3v) is 6.19. The fourth-order valence-electron chi connectivity index (χ4n) is 4.80. The molecule has 0 amide bonds. The van der Waals surface area contributed by atoms with E-state index in [-0.39, 0.29) is 0 Å². The summed E-state index contributed by atoms with van der Waals surface area (Å²) in [5.41, 5.74) is 0.581. The minimum atomic E-state index is 0.581. The van der Waals surface area contributed by atoms with Crippen molar-refractivity contribution in [2.24, 2.45) is 24.3 Å². The van der Waals surface area contributed by atoms with E-state index in [2.05, 4.69) is 28.1 Å². The summed E-state index contributed by atoms with van der Waals surface area (Å²) in [7, 11) is 2.12. The van der Waals surface area contributed by atoms with Crippen molar-refractivity contribution in [3.8, 4) is 0 Å². The van der Waals surface area contributed by atoms with Crippen LogP contribution in [0, 0.1) is 17.3 Å². The molecule has 3 saturated carbocycles. The lowest BCUT2D eigenvalue weighted by atomic mass is 9.70. The second-order valence-corrected chi connectivity index (χ2v) is 7.55. The Labute approximate surface area is 122 Å². The summed E-state index contributed by atoms with van der Waals surface area (Å²) < 4.78 is 2.19. The summed E-state index contributed by atoms with van der Waals surface area (Å²) in [6.45, 7) is 1.27. The maximum atomic E-state index is 4.52. The van der Waals surface area contributed by atoms with Crippen molar-refractivity contribution < 1.29 is 0 Å². The molecule has 3 fully saturated rings. The molecule has 3 atom stereocenters. The van der Waals surface area contributed by atoms with Gasteiger partial charge in [0.25, 0.3) is 0 Å². The monoisotopic (exact) mass is 273 g/mol. The van der Waals surface area contributed by atoms with Crippen LogP contribution in [0.3, 0.4) is 0 Å². The molecule has 3 unspecified atom stereocenters. The van der Waals surface area contributed by atoms with Gasteiger partial charge in [-0.05, 0) is 55.8 Å². The molecule has 110 valence electrons. The Morgan fingerprint density at radius 3 is 2.85 bits per heavy atom. The molecule has 3 heteroatoms. The standard InChI is InChI=1S/C17H27N3/c1-20-9-8-18-16(20)6-7-17(12-19-15-4-5-15)11-13-2-3-14(17)10-13/h8-9,13-15,19H,2-7,10-12H2,1H3. The molecule has 1 aromatic heterocycles. The van der Waals surface area contributed by atoms with E-state index >= 15 is 0 Å². The number of nitrogens with zero attached hydrogens (tertiary/aromatic N) is 2. The number of aryl methyl sites for hydroxylation is 2. The molecule has 1 aromatic rings. The minimum Gasteiger partial charge on any atom is -0.338 e. The zero-order chi connectivity index (χ0) is 13.6. The van der Waals surface area contributed by atoms with Crippen molar-refractivity contribution in [1.82, 2.24) is 14.9 Å². The van der Waals surface area contributed by atoms with Gasteiger partial charge in [-0.15, -0.1) is 0 Å². The normalized spacial score (nSPS) is 35.9. The first-order chi connectivity index (χ1) is 9.75. The molecule has 0 saturated heterocycles. The van der Waals surface area contributed by atoms with Gasteiger partial charge in [0.05, 0.1) is 0 Å². The molecular weight excluding hydrogens is 246 g/mol. The third-order valence-electron chi connectivity index (χ3n) is 6.19. The van der Waals surface area contributed by atoms with Crippen LogP contribution in [0.15, 0.2) is 12.4 Å². The van der Waals surface area contributed by atoms with Crippen LogP contribution in [0.5, 0.6) is 0 Å². The van der Waals surface area contributed by atoms with Gasteiger partial charge < -0.3 is 9.88 Å². The van der Waals surface area contributed by atoms with Crippen LogP contribution in [0.25, 0.3) is 0 Å². The third kappa shape index (κ3) is 2.30. The predicted molar refractivity (Wildman–Crippen MR) is 80.4 cm³/mol. The molecule has 20 heavy (non-hydrogen) atoms. The zero-order valence-electron chi connectivity index (χ0n) is 12.6. The van der Waals surface area contributed by atoms with Crippen LogP contribution in [-0.2, 0) is 13.5 Å². The Morgan fingerprint density at radius 2 is 2.25 bits per heavy atom. The summed E-state index contributed by atoms with van der Waals surface area (Å²) in [4.78, 5) is 4.52. The molecule has 3 aliphatic carbocycles. The topological polar surface area (TPSA) is 29.9 Å². The summed E-state index contributed by atoms with van der Waals surface area (Å²) in [6.07, 6.45) is 15.3. The van der Waals surface area contributed by atoms with Crippen molar-refractivity contribution in [2.45, 2.75) is 57.4 Å². The molecule has 4 rings (SSSR count). The lowest BCUT2D eigenvalue weighted by Gasteiger charge is -2.38. The predicted octanol–water partition coefficient (Wildman–Crippen LogP) is 2.91. The first-order valence-corrected chi connectivity index (χ1v) is 8.45. The summed E-state index contributed by atoms with van der Waals surface area (Å²) in [5, 5.41) is 3.84. The number of aromatic nitrogens is 2. The molecular formula is C17H27N3. The first-order valence-electron chi connectivity index (χ1n) is 8.45. The SMILES string of the molecule is Cn1ccnc1CCC1(CNC2CC2)CC2CCC1C2. The Hall–Kier alpha value is -0.830. The van der Waals surface area contributed by atoms with E-state index in [1.165, 1.54) is 57.3 Å². The lowest BCUT2D eigenvalue weighted by molar-refractivity contribution is 0.141. The van der Waals surface area contributed by atoms with Gasteiger partial charge in [-0.1, -0.05) is 6.42 Å². The van der Waals surface area contributed by atoms with E-state index < -0.39 is 0 Å². The van der Waals surface area contributed by atoms with E-state index in [0.717, 1.165) is 24.3 Å². The summed E-state index contributed by atoms with van der Waals surface area (Å²) in [6, 6.07) is 0.846. The van der Waals surface area contributed by atoms with Crippen LogP contribution in [-0.4, -0.2) is 22.1 Å². The van der Waals surface area contributed by atoms with Crippen molar-refractivity contribution in [1.29, 1.82) is 0 Å². The maximum Gasteiger partial charge on any atom is 0.108 e. The molecule has 1 heterocycles. The van der Waals surface area contributed by atoms with Crippen LogP contribution >= 0.6 is 0 Å². The Bertz CT molecular complexity index is 476. The van der Waals surface area contributed by atoms with Crippen molar-refractivity contribution in [2.75, 3.05) is 6.54 Å². The molecule has 0 spiro atoms. The quantitative estimate of drug-likeness (QED) is 0.863. The van der Waals surface area contributed by atoms with Crippen LogP contribution < -0.4 is 5.32 Å². The Morgan fingerprint density at radius 1 is 1.35 bits per heavy atom. The molecule has 0 aromatic carbocycles. The molecule has 1 N–H and O–H groups in total. The van der Waals surface area contributed by atoms with Gasteiger partial charge in [0.1, 0.15) is 5.82 Å². The second kappa shape index (κ2) is 4.87. The van der Waals surface area contributed by atoms with E-state index in [1.54, 1.807) is 0 Å². The molecule has 0 radical (unpaired) electrons. The van der Waals surface area contributed by atoms with Gasteiger partial charge in [0.15, 0.2) is 0 Å². The zero-order valence-corrected chi connectivity index (χ0v) is 12.6. The molecule has 3 nitrogen and oxygen atoms in total. The fourth-order valence-corrected chi connectivity index (χ4v) is 4.80. The van der Waals surface area contributed by atoms with Gasteiger partial charge in [-0.25, -0.2) is 4.98 Å². The van der Waals surface area contributed by atoms with Gasteiger partial charge in [-0.2, -0.15) is 0 Å². The van der Waals surface area contributed by atoms with Crippen LogP contribution in [0.4, 0.5) is 0 Å². The van der Waals surface area contributed by atoms with Crippen molar-refractivity contribution in [3.05, 3.63) is 18.2 Å². The average Bonchev–Trinajstić information content (AvgIpc) is 2.86. The average molecular weight is 273 g/mol. The molecule has 0 aliphatic heterocycles. The highest BCUT2D eigenvalue weighted by molar-refractivity contribution is 5.04. The van der Waals surface area contributed by atoms with E-state index in [4.69, 9.17) is 0 Å². The van der Waals surface area contributed by atoms with Gasteiger partial charge in [0.2, 0.25) is 0 Å². The van der Waals surface area contributed by atoms with Crippen molar-refractivity contribution in [3.63, 3.8) is 0 Å². The number of nitrogens with one attached hydrogen (secondary N) is 1. The summed E-state index contributed by atoms with van der Waals surface area (Å²) >= 11 is 0. The van der Waals surface area contributed by atoms with Crippen molar-refractivity contribution >= 4 is 0 Å². The number of hydrogen-bond donors (Lipinski definition) is 1. The Kier molecular flexibility index (Phi) is 3.13. The second-order valence-electron chi connectivity index (χ2n) is 7.55. The molecule has 3 aliphatic rings. The van der Waals surface area contributed by atoms with Gasteiger partial charge in [0, 0.05) is 38.4 Å². The maximum absolute atomic E-state index is 4.52. The molecule has 2 bridgehead atoms. The number of hydrogen-bond acceptors (Lipinski definition) is 2. The minimum absolute atomic E-state index is 0.581. The van der Waals surface area contributed by atoms with Crippen LogP contribution in [0.1, 0.15) is 50.8 Å². The highest BCUT2D eigenvalue weighted by Gasteiger charge is 2.50. The smallest absolute Gasteiger partial charge is 0.108 e. The Balaban J connectivity index is 1.45. The van der Waals surface area contributed by atoms with Crippen LogP contribution in [0.2, 0.25) is 0 Å². The highest BCUT2D eigenvalue weighted by atomic mass is 15.0. The highest BCUT2D eigenvalue weighted by Crippen LogP contribution is 2.57. The number of rotatable bonds is 6. The fraction of sp³-hybridized carbons (Fsp3) is 0.824. The van der Waals surface area contributed by atoms with E-state index in [1.807, 2.05) is 6.20 Å². The lowest BCUT2D eigenvalue weighted by Crippen LogP contribution is -2.40. The number of fused-ring (bicyclic) bond motifs is 2. The van der Waals surface area contributed by atoms with E-state index in [0.29, 0.717) is 5.41 Å². The largest absolute Gasteiger partial charge is 0.338 e. The first kappa shape index (κ1) is 12.9. The number of imidazole rings is 1. The van der Waals surface area contributed by atoms with Gasteiger partial charge in [-0.3, -0.25) is 0 Å². The van der Waals surface area contributed by atoms with Gasteiger partial charge >= 0.3 is 0 Å².